The normalized spacial score (nSPS) is 15.7. The van der Waals surface area contributed by atoms with Gasteiger partial charge in [-0.05, 0) is 18.9 Å². The van der Waals surface area contributed by atoms with Gasteiger partial charge in [-0.1, -0.05) is 11.6 Å². The fraction of sp³-hybridized carbons (Fsp3) is 0.500. The standard InChI is InChI=1S/C14H20ClN3O3/c1-20-12-8-13(21-2)11(7-10(12)15)17-9-3-5-18(6-4-9)14(16)19/h7-9,17H,3-6H2,1-2H3,(H2,16,19). The molecule has 1 saturated heterocycles. The van der Waals surface area contributed by atoms with E-state index >= 15 is 0 Å². The average Bonchev–Trinajstić information content (AvgIpc) is 2.48. The van der Waals surface area contributed by atoms with E-state index in [1.807, 2.05) is 0 Å². The van der Waals surface area contributed by atoms with E-state index in [0.717, 1.165) is 18.5 Å². The zero-order valence-corrected chi connectivity index (χ0v) is 12.9. The molecule has 0 radical (unpaired) electrons. The van der Waals surface area contributed by atoms with Crippen molar-refractivity contribution >= 4 is 23.3 Å². The first-order valence-electron chi connectivity index (χ1n) is 6.77. The fourth-order valence-corrected chi connectivity index (χ4v) is 2.68. The van der Waals surface area contributed by atoms with Gasteiger partial charge in [0.25, 0.3) is 0 Å². The lowest BCUT2D eigenvalue weighted by atomic mass is 10.0. The summed E-state index contributed by atoms with van der Waals surface area (Å²) >= 11 is 6.15. The SMILES string of the molecule is COc1cc(OC)c(NC2CCN(C(N)=O)CC2)cc1Cl. The second kappa shape index (κ2) is 6.76. The van der Waals surface area contributed by atoms with Gasteiger partial charge in [0.2, 0.25) is 0 Å². The van der Waals surface area contributed by atoms with Gasteiger partial charge in [0.15, 0.2) is 0 Å². The molecular weight excluding hydrogens is 294 g/mol. The van der Waals surface area contributed by atoms with Gasteiger partial charge >= 0.3 is 6.03 Å². The molecule has 21 heavy (non-hydrogen) atoms. The number of likely N-dealkylation sites (tertiary alicyclic amines) is 1. The van der Waals surface area contributed by atoms with Crippen LogP contribution in [0.15, 0.2) is 12.1 Å². The van der Waals surface area contributed by atoms with Crippen molar-refractivity contribution in [1.29, 1.82) is 0 Å². The molecule has 0 unspecified atom stereocenters. The first kappa shape index (κ1) is 15.6. The molecule has 0 bridgehead atoms. The number of nitrogens with one attached hydrogen (secondary N) is 1. The smallest absolute Gasteiger partial charge is 0.314 e. The van der Waals surface area contributed by atoms with E-state index < -0.39 is 0 Å². The van der Waals surface area contributed by atoms with Gasteiger partial charge < -0.3 is 25.4 Å². The van der Waals surface area contributed by atoms with Crippen LogP contribution in [-0.4, -0.2) is 44.3 Å². The van der Waals surface area contributed by atoms with E-state index in [2.05, 4.69) is 5.32 Å². The van der Waals surface area contributed by atoms with Crippen molar-refractivity contribution < 1.29 is 14.3 Å². The minimum absolute atomic E-state index is 0.249. The van der Waals surface area contributed by atoms with Crippen LogP contribution in [0.2, 0.25) is 5.02 Å². The van der Waals surface area contributed by atoms with Crippen molar-refractivity contribution in [3.63, 3.8) is 0 Å². The number of halogens is 1. The molecule has 1 aliphatic rings. The molecular formula is C14H20ClN3O3. The van der Waals surface area contributed by atoms with Crippen LogP contribution in [0.3, 0.4) is 0 Å². The molecule has 1 heterocycles. The number of primary amides is 1. The highest BCUT2D eigenvalue weighted by atomic mass is 35.5. The van der Waals surface area contributed by atoms with Crippen LogP contribution >= 0.6 is 11.6 Å². The second-order valence-electron chi connectivity index (χ2n) is 4.93. The summed E-state index contributed by atoms with van der Waals surface area (Å²) in [6.45, 7) is 1.30. The van der Waals surface area contributed by atoms with E-state index in [9.17, 15) is 4.79 Å². The molecule has 116 valence electrons. The van der Waals surface area contributed by atoms with Crippen LogP contribution in [0.1, 0.15) is 12.8 Å². The van der Waals surface area contributed by atoms with Crippen molar-refractivity contribution in [3.05, 3.63) is 17.2 Å². The van der Waals surface area contributed by atoms with Crippen molar-refractivity contribution in [2.45, 2.75) is 18.9 Å². The number of hydrogen-bond acceptors (Lipinski definition) is 4. The maximum atomic E-state index is 11.1. The fourth-order valence-electron chi connectivity index (χ4n) is 2.44. The first-order chi connectivity index (χ1) is 10.0. The van der Waals surface area contributed by atoms with Crippen molar-refractivity contribution in [2.75, 3.05) is 32.6 Å². The van der Waals surface area contributed by atoms with E-state index in [0.29, 0.717) is 29.6 Å². The number of nitrogens with zero attached hydrogens (tertiary/aromatic N) is 1. The maximum Gasteiger partial charge on any atom is 0.314 e. The van der Waals surface area contributed by atoms with Gasteiger partial charge in [-0.2, -0.15) is 0 Å². The molecule has 1 aromatic carbocycles. The molecule has 1 aromatic rings. The lowest BCUT2D eigenvalue weighted by Gasteiger charge is -2.32. The molecule has 0 atom stereocenters. The molecule has 2 amide bonds. The Morgan fingerprint density at radius 1 is 1.29 bits per heavy atom. The highest BCUT2D eigenvalue weighted by molar-refractivity contribution is 6.32. The monoisotopic (exact) mass is 313 g/mol. The zero-order valence-electron chi connectivity index (χ0n) is 12.2. The van der Waals surface area contributed by atoms with Gasteiger partial charge in [0.05, 0.1) is 24.9 Å². The van der Waals surface area contributed by atoms with Crippen LogP contribution < -0.4 is 20.5 Å². The average molecular weight is 314 g/mol. The largest absolute Gasteiger partial charge is 0.495 e. The molecule has 1 fully saturated rings. The Labute approximate surface area is 129 Å². The predicted octanol–water partition coefficient (Wildman–Crippen LogP) is 2.31. The molecule has 0 saturated carbocycles. The van der Waals surface area contributed by atoms with Gasteiger partial charge in [-0.3, -0.25) is 0 Å². The van der Waals surface area contributed by atoms with E-state index in [-0.39, 0.29) is 12.1 Å². The summed E-state index contributed by atoms with van der Waals surface area (Å²) in [4.78, 5) is 12.8. The summed E-state index contributed by atoms with van der Waals surface area (Å²) in [6, 6.07) is 3.43. The van der Waals surface area contributed by atoms with Crippen LogP contribution in [0.25, 0.3) is 0 Å². The van der Waals surface area contributed by atoms with E-state index in [4.69, 9.17) is 26.8 Å². The van der Waals surface area contributed by atoms with Crippen LogP contribution in [0.4, 0.5) is 10.5 Å². The number of rotatable bonds is 4. The molecule has 0 aromatic heterocycles. The van der Waals surface area contributed by atoms with Crippen molar-refractivity contribution in [1.82, 2.24) is 4.90 Å². The maximum absolute atomic E-state index is 11.1. The quantitative estimate of drug-likeness (QED) is 0.894. The minimum atomic E-state index is -0.362. The summed E-state index contributed by atoms with van der Waals surface area (Å²) in [5.74, 6) is 1.25. The van der Waals surface area contributed by atoms with Crippen molar-refractivity contribution in [3.8, 4) is 11.5 Å². The Hall–Kier alpha value is -1.82. The molecule has 3 N–H and O–H groups in total. The zero-order chi connectivity index (χ0) is 15.4. The highest BCUT2D eigenvalue weighted by Crippen LogP contribution is 2.36. The number of methoxy groups -OCH3 is 2. The Balaban J connectivity index is 2.06. The summed E-state index contributed by atoms with van der Waals surface area (Å²) in [7, 11) is 3.16. The lowest BCUT2D eigenvalue weighted by molar-refractivity contribution is 0.193. The van der Waals surface area contributed by atoms with Crippen LogP contribution in [0, 0.1) is 0 Å². The number of piperidine rings is 1. The number of ether oxygens (including phenoxy) is 2. The summed E-state index contributed by atoms with van der Waals surface area (Å²) in [5, 5.41) is 3.93. The number of nitrogens with two attached hydrogens (primary N) is 1. The topological polar surface area (TPSA) is 76.8 Å². The molecule has 7 heteroatoms. The minimum Gasteiger partial charge on any atom is -0.495 e. The Kier molecular flexibility index (Phi) is 5.01. The number of carbonyl (C=O) groups is 1. The number of benzene rings is 1. The van der Waals surface area contributed by atoms with Gasteiger partial charge in [0.1, 0.15) is 11.5 Å². The summed E-state index contributed by atoms with van der Waals surface area (Å²) in [6.07, 6.45) is 1.66. The van der Waals surface area contributed by atoms with Gasteiger partial charge in [0, 0.05) is 25.2 Å². The van der Waals surface area contributed by atoms with Crippen LogP contribution in [-0.2, 0) is 0 Å². The third-order valence-corrected chi connectivity index (χ3v) is 3.94. The highest BCUT2D eigenvalue weighted by Gasteiger charge is 2.22. The Morgan fingerprint density at radius 3 is 2.43 bits per heavy atom. The number of hydrogen-bond donors (Lipinski definition) is 2. The Morgan fingerprint density at radius 2 is 1.90 bits per heavy atom. The lowest BCUT2D eigenvalue weighted by Crippen LogP contribution is -2.44. The first-order valence-corrected chi connectivity index (χ1v) is 7.15. The number of carbonyl (C=O) groups excluding carboxylic acids is 1. The molecule has 0 aliphatic carbocycles. The van der Waals surface area contributed by atoms with Gasteiger partial charge in [-0.25, -0.2) is 4.79 Å². The second-order valence-corrected chi connectivity index (χ2v) is 5.34. The predicted molar refractivity (Wildman–Crippen MR) is 82.4 cm³/mol. The molecule has 0 spiro atoms. The number of amides is 2. The third-order valence-electron chi connectivity index (χ3n) is 3.64. The summed E-state index contributed by atoms with van der Waals surface area (Å²) < 4.78 is 10.5. The molecule has 1 aliphatic heterocycles. The van der Waals surface area contributed by atoms with E-state index in [1.165, 1.54) is 0 Å². The number of anilines is 1. The number of urea groups is 1. The van der Waals surface area contributed by atoms with E-state index in [1.54, 1.807) is 31.3 Å². The third kappa shape index (κ3) is 3.64. The van der Waals surface area contributed by atoms with Crippen molar-refractivity contribution in [2.24, 2.45) is 5.73 Å². The van der Waals surface area contributed by atoms with Crippen LogP contribution in [0.5, 0.6) is 11.5 Å². The summed E-state index contributed by atoms with van der Waals surface area (Å²) in [5.41, 5.74) is 6.10. The molecule has 2 rings (SSSR count). The Bertz CT molecular complexity index is 516. The van der Waals surface area contributed by atoms with Gasteiger partial charge in [-0.15, -0.1) is 0 Å². The molecule has 6 nitrogen and oxygen atoms in total.